The topological polar surface area (TPSA) is 26.3 Å². The van der Waals surface area contributed by atoms with Gasteiger partial charge in [0.25, 0.3) is 0 Å². The molecule has 0 fully saturated rings. The van der Waals surface area contributed by atoms with E-state index in [2.05, 4.69) is 24.3 Å². The van der Waals surface area contributed by atoms with Crippen molar-refractivity contribution in [2.24, 2.45) is 0 Å². The van der Waals surface area contributed by atoms with E-state index < -0.39 is 0 Å². The van der Waals surface area contributed by atoms with Gasteiger partial charge in [-0.1, -0.05) is 36.4 Å². The zero-order chi connectivity index (χ0) is 14.5. The standard InChI is InChI=1S/C20H12O2/c1-3-7-17-13(5-1)12-20(21-17)14-9-10-19-16(11-14)15-6-2-4-8-18(15)22-19/h1-12H. The molecular formula is C20H12O2. The van der Waals surface area contributed by atoms with E-state index in [1.807, 2.05) is 48.5 Å². The summed E-state index contributed by atoms with van der Waals surface area (Å²) in [6, 6.07) is 24.4. The monoisotopic (exact) mass is 284 g/mol. The fourth-order valence-electron chi connectivity index (χ4n) is 3.00. The number of fused-ring (bicyclic) bond motifs is 4. The first kappa shape index (κ1) is 11.6. The van der Waals surface area contributed by atoms with Gasteiger partial charge in [0, 0.05) is 21.7 Å². The minimum Gasteiger partial charge on any atom is -0.456 e. The molecule has 0 unspecified atom stereocenters. The van der Waals surface area contributed by atoms with Crippen LogP contribution in [-0.2, 0) is 0 Å². The maximum atomic E-state index is 5.96. The molecule has 0 aliphatic heterocycles. The van der Waals surface area contributed by atoms with E-state index in [9.17, 15) is 0 Å². The van der Waals surface area contributed by atoms with E-state index in [0.717, 1.165) is 44.2 Å². The Hall–Kier alpha value is -3.00. The lowest BCUT2D eigenvalue weighted by Crippen LogP contribution is -1.73. The maximum absolute atomic E-state index is 5.96. The van der Waals surface area contributed by atoms with Crippen molar-refractivity contribution in [3.63, 3.8) is 0 Å². The maximum Gasteiger partial charge on any atom is 0.135 e. The highest BCUT2D eigenvalue weighted by molar-refractivity contribution is 6.06. The van der Waals surface area contributed by atoms with Crippen molar-refractivity contribution < 1.29 is 8.83 Å². The lowest BCUT2D eigenvalue weighted by atomic mass is 10.1. The Kier molecular flexibility index (Phi) is 2.25. The molecule has 22 heavy (non-hydrogen) atoms. The summed E-state index contributed by atoms with van der Waals surface area (Å²) in [5, 5.41) is 3.37. The van der Waals surface area contributed by atoms with Crippen LogP contribution in [0.15, 0.2) is 81.6 Å². The minimum absolute atomic E-state index is 0.883. The molecule has 2 nitrogen and oxygen atoms in total. The van der Waals surface area contributed by atoms with Crippen molar-refractivity contribution in [2.45, 2.75) is 0 Å². The molecule has 0 atom stereocenters. The SMILES string of the molecule is c1ccc2oc(-c3ccc4oc5ccccc5c4c3)cc2c1. The molecular weight excluding hydrogens is 272 g/mol. The van der Waals surface area contributed by atoms with Gasteiger partial charge >= 0.3 is 0 Å². The average Bonchev–Trinajstić information content (AvgIpc) is 3.15. The molecule has 0 spiro atoms. The molecule has 2 heteroatoms. The van der Waals surface area contributed by atoms with E-state index in [4.69, 9.17) is 8.83 Å². The number of hydrogen-bond donors (Lipinski definition) is 0. The van der Waals surface area contributed by atoms with Gasteiger partial charge in [-0.3, -0.25) is 0 Å². The van der Waals surface area contributed by atoms with Gasteiger partial charge in [0.1, 0.15) is 22.5 Å². The highest BCUT2D eigenvalue weighted by atomic mass is 16.3. The molecule has 5 rings (SSSR count). The van der Waals surface area contributed by atoms with Crippen LogP contribution in [0.3, 0.4) is 0 Å². The van der Waals surface area contributed by atoms with Gasteiger partial charge in [0.15, 0.2) is 0 Å². The molecule has 0 radical (unpaired) electrons. The number of benzene rings is 3. The summed E-state index contributed by atoms with van der Waals surface area (Å²) in [6.07, 6.45) is 0. The van der Waals surface area contributed by atoms with Gasteiger partial charge in [0.05, 0.1) is 0 Å². The van der Waals surface area contributed by atoms with Crippen LogP contribution < -0.4 is 0 Å². The van der Waals surface area contributed by atoms with Crippen LogP contribution >= 0.6 is 0 Å². The van der Waals surface area contributed by atoms with Crippen molar-refractivity contribution >= 4 is 32.9 Å². The molecule has 2 aromatic heterocycles. The van der Waals surface area contributed by atoms with Crippen LogP contribution in [0.1, 0.15) is 0 Å². The van der Waals surface area contributed by atoms with E-state index in [1.165, 1.54) is 0 Å². The smallest absolute Gasteiger partial charge is 0.135 e. The van der Waals surface area contributed by atoms with Crippen molar-refractivity contribution in [1.82, 2.24) is 0 Å². The first-order valence-corrected chi connectivity index (χ1v) is 7.29. The summed E-state index contributed by atoms with van der Waals surface area (Å²) in [7, 11) is 0. The summed E-state index contributed by atoms with van der Waals surface area (Å²) in [5.74, 6) is 0.883. The van der Waals surface area contributed by atoms with Crippen molar-refractivity contribution in [2.75, 3.05) is 0 Å². The summed E-state index contributed by atoms with van der Waals surface area (Å²) < 4.78 is 11.8. The summed E-state index contributed by atoms with van der Waals surface area (Å²) in [5.41, 5.74) is 3.80. The van der Waals surface area contributed by atoms with Crippen molar-refractivity contribution in [3.8, 4) is 11.3 Å². The minimum atomic E-state index is 0.883. The molecule has 0 amide bonds. The van der Waals surface area contributed by atoms with E-state index >= 15 is 0 Å². The molecule has 3 aromatic carbocycles. The number of para-hydroxylation sites is 2. The quantitative estimate of drug-likeness (QED) is 0.377. The molecule has 0 saturated heterocycles. The highest BCUT2D eigenvalue weighted by Gasteiger charge is 2.10. The molecule has 0 N–H and O–H groups in total. The second-order valence-corrected chi connectivity index (χ2v) is 5.46. The Morgan fingerprint density at radius 2 is 1.32 bits per heavy atom. The Bertz CT molecular complexity index is 1100. The second-order valence-electron chi connectivity index (χ2n) is 5.46. The van der Waals surface area contributed by atoms with E-state index in [-0.39, 0.29) is 0 Å². The predicted molar refractivity (Wildman–Crippen MR) is 88.9 cm³/mol. The molecule has 5 aromatic rings. The first-order valence-electron chi connectivity index (χ1n) is 7.29. The molecule has 0 saturated carbocycles. The molecule has 2 heterocycles. The van der Waals surface area contributed by atoms with Gasteiger partial charge in [-0.25, -0.2) is 0 Å². The van der Waals surface area contributed by atoms with Crippen LogP contribution in [0.5, 0.6) is 0 Å². The normalized spacial score (nSPS) is 11.6. The van der Waals surface area contributed by atoms with Gasteiger partial charge in [-0.15, -0.1) is 0 Å². The largest absolute Gasteiger partial charge is 0.456 e. The summed E-state index contributed by atoms with van der Waals surface area (Å²) in [6.45, 7) is 0. The second kappa shape index (κ2) is 4.25. The lowest BCUT2D eigenvalue weighted by Gasteiger charge is -1.96. The third-order valence-electron chi connectivity index (χ3n) is 4.09. The van der Waals surface area contributed by atoms with Gasteiger partial charge in [-0.2, -0.15) is 0 Å². The third kappa shape index (κ3) is 1.61. The Labute approximate surface area is 126 Å². The average molecular weight is 284 g/mol. The van der Waals surface area contributed by atoms with Gasteiger partial charge < -0.3 is 8.83 Å². The van der Waals surface area contributed by atoms with Gasteiger partial charge in [-0.05, 0) is 36.4 Å². The van der Waals surface area contributed by atoms with Crippen LogP contribution in [0.2, 0.25) is 0 Å². The van der Waals surface area contributed by atoms with Crippen molar-refractivity contribution in [3.05, 3.63) is 72.8 Å². The van der Waals surface area contributed by atoms with Crippen LogP contribution in [0.25, 0.3) is 44.2 Å². The Morgan fingerprint density at radius 3 is 2.23 bits per heavy atom. The Morgan fingerprint density at radius 1 is 0.545 bits per heavy atom. The fourth-order valence-corrected chi connectivity index (χ4v) is 3.00. The zero-order valence-corrected chi connectivity index (χ0v) is 11.7. The highest BCUT2D eigenvalue weighted by Crippen LogP contribution is 2.34. The zero-order valence-electron chi connectivity index (χ0n) is 11.7. The molecule has 0 bridgehead atoms. The lowest BCUT2D eigenvalue weighted by molar-refractivity contribution is 0.631. The number of furan rings is 2. The van der Waals surface area contributed by atoms with E-state index in [0.29, 0.717) is 0 Å². The predicted octanol–water partition coefficient (Wildman–Crippen LogP) is 6.00. The van der Waals surface area contributed by atoms with Crippen LogP contribution in [0, 0.1) is 0 Å². The molecule has 104 valence electrons. The number of hydrogen-bond acceptors (Lipinski definition) is 2. The van der Waals surface area contributed by atoms with Crippen LogP contribution in [-0.4, -0.2) is 0 Å². The summed E-state index contributed by atoms with van der Waals surface area (Å²) >= 11 is 0. The molecule has 0 aliphatic rings. The third-order valence-corrected chi connectivity index (χ3v) is 4.09. The van der Waals surface area contributed by atoms with E-state index in [1.54, 1.807) is 0 Å². The summed E-state index contributed by atoms with van der Waals surface area (Å²) in [4.78, 5) is 0. The molecule has 0 aliphatic carbocycles. The van der Waals surface area contributed by atoms with Crippen molar-refractivity contribution in [1.29, 1.82) is 0 Å². The first-order chi connectivity index (χ1) is 10.9. The fraction of sp³-hybridized carbons (Fsp3) is 0. The number of rotatable bonds is 1. The Balaban J connectivity index is 1.78. The van der Waals surface area contributed by atoms with Gasteiger partial charge in [0.2, 0.25) is 0 Å². The van der Waals surface area contributed by atoms with Crippen LogP contribution in [0.4, 0.5) is 0 Å².